The van der Waals surface area contributed by atoms with Crippen molar-refractivity contribution >= 4 is 5.91 Å². The Balaban J connectivity index is 1.86. The first-order valence-corrected chi connectivity index (χ1v) is 9.31. The van der Waals surface area contributed by atoms with Gasteiger partial charge in [0.15, 0.2) is 0 Å². The van der Waals surface area contributed by atoms with E-state index in [1.54, 1.807) is 11.0 Å². The molecule has 0 bridgehead atoms. The van der Waals surface area contributed by atoms with Gasteiger partial charge in [-0.2, -0.15) is 13.2 Å². The predicted octanol–water partition coefficient (Wildman–Crippen LogP) is 4.22. The highest BCUT2D eigenvalue weighted by molar-refractivity contribution is 5.78. The van der Waals surface area contributed by atoms with Crippen molar-refractivity contribution in [3.63, 3.8) is 0 Å². The van der Waals surface area contributed by atoms with Gasteiger partial charge in [-0.05, 0) is 63.6 Å². The van der Waals surface area contributed by atoms with Crippen LogP contribution in [-0.4, -0.2) is 48.4 Å². The van der Waals surface area contributed by atoms with Crippen LogP contribution in [0.2, 0.25) is 0 Å². The van der Waals surface area contributed by atoms with Gasteiger partial charge in [0, 0.05) is 19.6 Å². The molecule has 1 aliphatic heterocycles. The Morgan fingerprint density at radius 3 is 2.73 bits per heavy atom. The average Bonchev–Trinajstić information content (AvgIpc) is 2.59. The maximum atomic E-state index is 12.8. The molecule has 0 radical (unpaired) electrons. The lowest BCUT2D eigenvalue weighted by Gasteiger charge is -2.34. The Bertz CT molecular complexity index is 601. The van der Waals surface area contributed by atoms with E-state index in [1.807, 2.05) is 20.9 Å². The van der Waals surface area contributed by atoms with Crippen LogP contribution in [0.3, 0.4) is 0 Å². The summed E-state index contributed by atoms with van der Waals surface area (Å²) < 4.78 is 38.4. The Hall–Kier alpha value is -1.56. The number of rotatable bonds is 6. The second-order valence-corrected chi connectivity index (χ2v) is 7.58. The van der Waals surface area contributed by atoms with E-state index >= 15 is 0 Å². The summed E-state index contributed by atoms with van der Waals surface area (Å²) in [5.74, 6) is 0.550. The smallest absolute Gasteiger partial charge is 0.342 e. The van der Waals surface area contributed by atoms with E-state index in [-0.39, 0.29) is 11.9 Å². The molecule has 3 nitrogen and oxygen atoms in total. The largest absolute Gasteiger partial charge is 0.416 e. The minimum Gasteiger partial charge on any atom is -0.342 e. The molecule has 6 heteroatoms. The third kappa shape index (κ3) is 6.01. The van der Waals surface area contributed by atoms with Gasteiger partial charge in [-0.25, -0.2) is 0 Å². The van der Waals surface area contributed by atoms with Crippen molar-refractivity contribution in [1.82, 2.24) is 9.80 Å². The number of hydrogen-bond acceptors (Lipinski definition) is 2. The van der Waals surface area contributed by atoms with Crippen molar-refractivity contribution in [2.45, 2.75) is 51.7 Å². The lowest BCUT2D eigenvalue weighted by molar-refractivity contribution is -0.137. The molecule has 0 spiro atoms. The first-order chi connectivity index (χ1) is 12.2. The van der Waals surface area contributed by atoms with Crippen LogP contribution in [0.15, 0.2) is 24.3 Å². The van der Waals surface area contributed by atoms with Gasteiger partial charge in [-0.1, -0.05) is 18.2 Å². The molecule has 1 atom stereocenters. The molecule has 0 aromatic heterocycles. The highest BCUT2D eigenvalue weighted by Crippen LogP contribution is 2.30. The number of carbonyl (C=O) groups excluding carboxylic acids is 1. The minimum atomic E-state index is -4.29. The number of carbonyl (C=O) groups is 1. The molecule has 2 rings (SSSR count). The molecule has 0 N–H and O–H groups in total. The number of aryl methyl sites for hydroxylation is 1. The van der Waals surface area contributed by atoms with E-state index in [2.05, 4.69) is 4.90 Å². The zero-order chi connectivity index (χ0) is 19.3. The predicted molar refractivity (Wildman–Crippen MR) is 96.8 cm³/mol. The van der Waals surface area contributed by atoms with Crippen molar-refractivity contribution in [2.75, 3.05) is 26.7 Å². The molecule has 1 aliphatic rings. The molecule has 26 heavy (non-hydrogen) atoms. The van der Waals surface area contributed by atoms with Gasteiger partial charge >= 0.3 is 6.18 Å². The van der Waals surface area contributed by atoms with E-state index in [4.69, 9.17) is 0 Å². The van der Waals surface area contributed by atoms with E-state index in [9.17, 15) is 18.0 Å². The molecule has 1 aromatic rings. The zero-order valence-corrected chi connectivity index (χ0v) is 15.9. The maximum Gasteiger partial charge on any atom is 0.416 e. The molecule has 1 saturated heterocycles. The number of hydrogen-bond donors (Lipinski definition) is 0. The van der Waals surface area contributed by atoms with Crippen molar-refractivity contribution in [3.8, 4) is 0 Å². The third-order valence-corrected chi connectivity index (χ3v) is 5.23. The van der Waals surface area contributed by atoms with Gasteiger partial charge in [0.25, 0.3) is 0 Å². The lowest BCUT2D eigenvalue weighted by atomic mass is 9.91. The van der Waals surface area contributed by atoms with Crippen LogP contribution in [0.1, 0.15) is 44.2 Å². The maximum absolute atomic E-state index is 12.8. The number of likely N-dealkylation sites (tertiary alicyclic amines) is 1. The summed E-state index contributed by atoms with van der Waals surface area (Å²) in [7, 11) is 1.82. The average molecular weight is 370 g/mol. The van der Waals surface area contributed by atoms with Crippen molar-refractivity contribution in [2.24, 2.45) is 5.92 Å². The molecule has 1 amide bonds. The number of halogens is 3. The molecule has 1 fully saturated rings. The van der Waals surface area contributed by atoms with Crippen molar-refractivity contribution in [1.29, 1.82) is 0 Å². The number of likely N-dealkylation sites (N-methyl/N-ethyl adjacent to an activating group) is 1. The van der Waals surface area contributed by atoms with Gasteiger partial charge in [0.05, 0.1) is 12.1 Å². The second kappa shape index (κ2) is 8.89. The van der Waals surface area contributed by atoms with Gasteiger partial charge < -0.3 is 4.90 Å². The lowest BCUT2D eigenvalue weighted by Crippen LogP contribution is -2.44. The molecule has 0 unspecified atom stereocenters. The Morgan fingerprint density at radius 1 is 1.35 bits per heavy atom. The van der Waals surface area contributed by atoms with Crippen LogP contribution >= 0.6 is 0 Å². The van der Waals surface area contributed by atoms with E-state index in [1.165, 1.54) is 12.1 Å². The van der Waals surface area contributed by atoms with Gasteiger partial charge in [-0.15, -0.1) is 0 Å². The Kier molecular flexibility index (Phi) is 7.09. The van der Waals surface area contributed by atoms with Gasteiger partial charge in [-0.3, -0.25) is 9.69 Å². The fraction of sp³-hybridized carbons (Fsp3) is 0.650. The summed E-state index contributed by atoms with van der Waals surface area (Å²) in [5, 5.41) is 0. The Morgan fingerprint density at radius 2 is 2.08 bits per heavy atom. The van der Waals surface area contributed by atoms with Crippen LogP contribution in [0.5, 0.6) is 0 Å². The summed E-state index contributed by atoms with van der Waals surface area (Å²) in [4.78, 5) is 16.2. The third-order valence-electron chi connectivity index (χ3n) is 5.23. The van der Waals surface area contributed by atoms with Gasteiger partial charge in [0.2, 0.25) is 5.91 Å². The number of nitrogens with zero attached hydrogens (tertiary/aromatic N) is 2. The van der Waals surface area contributed by atoms with Crippen LogP contribution in [0.25, 0.3) is 0 Å². The van der Waals surface area contributed by atoms with Crippen molar-refractivity contribution in [3.05, 3.63) is 35.4 Å². The fourth-order valence-corrected chi connectivity index (χ4v) is 3.40. The van der Waals surface area contributed by atoms with E-state index < -0.39 is 11.7 Å². The fourth-order valence-electron chi connectivity index (χ4n) is 3.40. The first kappa shape index (κ1) is 20.7. The second-order valence-electron chi connectivity index (χ2n) is 7.58. The highest BCUT2D eigenvalue weighted by Gasteiger charge is 2.30. The van der Waals surface area contributed by atoms with E-state index in [0.29, 0.717) is 18.9 Å². The normalized spacial score (nSPS) is 19.0. The molecular weight excluding hydrogens is 341 g/mol. The van der Waals surface area contributed by atoms with Crippen molar-refractivity contribution < 1.29 is 18.0 Å². The zero-order valence-electron chi connectivity index (χ0n) is 15.9. The SMILES string of the molecule is CC(C)N(C)C(=O)CN1CCC[C@H](CCc2cccc(C(F)(F)F)c2)C1. The summed E-state index contributed by atoms with van der Waals surface area (Å²) in [6.07, 6.45) is -0.690. The monoisotopic (exact) mass is 370 g/mol. The molecule has 1 heterocycles. The van der Waals surface area contributed by atoms with Crippen LogP contribution in [0, 0.1) is 5.92 Å². The minimum absolute atomic E-state index is 0.124. The summed E-state index contributed by atoms with van der Waals surface area (Å²) in [6.45, 7) is 6.17. The molecule has 0 aliphatic carbocycles. The molecular formula is C20H29F3N2O. The number of piperidine rings is 1. The van der Waals surface area contributed by atoms with E-state index in [0.717, 1.165) is 44.0 Å². The highest BCUT2D eigenvalue weighted by atomic mass is 19.4. The molecule has 1 aromatic carbocycles. The summed E-state index contributed by atoms with van der Waals surface area (Å²) in [5.41, 5.74) is 0.148. The summed E-state index contributed by atoms with van der Waals surface area (Å²) in [6, 6.07) is 5.79. The van der Waals surface area contributed by atoms with Crippen LogP contribution in [-0.2, 0) is 17.4 Å². The molecule has 146 valence electrons. The number of alkyl halides is 3. The first-order valence-electron chi connectivity index (χ1n) is 9.31. The number of amides is 1. The standard InChI is InChI=1S/C20H29F3N2O/c1-15(2)24(3)19(26)14-25-11-5-7-17(13-25)10-9-16-6-4-8-18(12-16)20(21,22)23/h4,6,8,12,15,17H,5,7,9-11,13-14H2,1-3H3/t17-/m1/s1. The number of benzene rings is 1. The Labute approximate surface area is 154 Å². The van der Waals surface area contributed by atoms with Crippen LogP contribution in [0.4, 0.5) is 13.2 Å². The van der Waals surface area contributed by atoms with Gasteiger partial charge in [0.1, 0.15) is 0 Å². The summed E-state index contributed by atoms with van der Waals surface area (Å²) >= 11 is 0. The van der Waals surface area contributed by atoms with Crippen LogP contribution < -0.4 is 0 Å². The topological polar surface area (TPSA) is 23.6 Å². The quantitative estimate of drug-likeness (QED) is 0.749. The molecule has 0 saturated carbocycles.